The van der Waals surface area contributed by atoms with Crippen molar-refractivity contribution in [2.75, 3.05) is 7.11 Å². The molecule has 5 nitrogen and oxygen atoms in total. The molecular formula is C19H16N2O3. The van der Waals surface area contributed by atoms with E-state index in [0.29, 0.717) is 17.1 Å². The average Bonchev–Trinajstić information content (AvgIpc) is 3.09. The lowest BCUT2D eigenvalue weighted by molar-refractivity contribution is 0.100. The number of ether oxygens (including phenoxy) is 1. The Bertz CT molecular complexity index is 862. The molecule has 0 bridgehead atoms. The number of rotatable bonds is 5. The molecule has 0 aliphatic carbocycles. The van der Waals surface area contributed by atoms with E-state index in [1.54, 1.807) is 37.6 Å². The number of carbonyl (C=O) groups excluding carboxylic acids is 1. The van der Waals surface area contributed by atoms with E-state index in [-0.39, 0.29) is 0 Å². The maximum atomic E-state index is 11.1. The minimum Gasteiger partial charge on any atom is -0.497 e. The number of hydrogen-bond acceptors (Lipinski definition) is 4. The molecular weight excluding hydrogens is 304 g/mol. The van der Waals surface area contributed by atoms with Gasteiger partial charge in [-0.05, 0) is 48.5 Å². The van der Waals surface area contributed by atoms with E-state index >= 15 is 0 Å². The van der Waals surface area contributed by atoms with Crippen molar-refractivity contribution in [1.82, 2.24) is 0 Å². The number of aliphatic imine (C=N–C) groups is 1. The van der Waals surface area contributed by atoms with Gasteiger partial charge in [-0.3, -0.25) is 9.79 Å². The molecule has 0 aliphatic heterocycles. The summed E-state index contributed by atoms with van der Waals surface area (Å²) in [5.41, 5.74) is 7.37. The van der Waals surface area contributed by atoms with Crippen LogP contribution in [0.15, 0.2) is 70.1 Å². The molecule has 0 unspecified atom stereocenters. The first kappa shape index (κ1) is 15.6. The molecule has 0 atom stereocenters. The van der Waals surface area contributed by atoms with Crippen LogP contribution in [0.3, 0.4) is 0 Å². The second-order valence-electron chi connectivity index (χ2n) is 5.10. The van der Waals surface area contributed by atoms with Crippen LogP contribution in [-0.4, -0.2) is 19.2 Å². The highest BCUT2D eigenvalue weighted by Gasteiger charge is 2.05. The maximum absolute atomic E-state index is 11.1. The smallest absolute Gasteiger partial charge is 0.248 e. The zero-order valence-electron chi connectivity index (χ0n) is 13.1. The molecule has 0 spiro atoms. The fraction of sp³-hybridized carbons (Fsp3) is 0.0526. The number of methoxy groups -OCH3 is 1. The van der Waals surface area contributed by atoms with Gasteiger partial charge in [0.2, 0.25) is 5.91 Å². The third-order valence-corrected chi connectivity index (χ3v) is 3.49. The van der Waals surface area contributed by atoms with Crippen molar-refractivity contribution in [3.05, 3.63) is 72.0 Å². The van der Waals surface area contributed by atoms with Crippen molar-refractivity contribution < 1.29 is 13.9 Å². The molecule has 1 aromatic heterocycles. The van der Waals surface area contributed by atoms with Crippen molar-refractivity contribution >= 4 is 17.8 Å². The van der Waals surface area contributed by atoms with E-state index in [0.717, 1.165) is 17.0 Å². The lowest BCUT2D eigenvalue weighted by Gasteiger charge is -1.99. The second kappa shape index (κ2) is 6.83. The third kappa shape index (κ3) is 3.52. The molecule has 0 saturated heterocycles. The van der Waals surface area contributed by atoms with Gasteiger partial charge in [0.25, 0.3) is 0 Å². The SMILES string of the molecule is COc1ccc(N=Cc2ccc(-c3ccc(C(N)=O)cc3)o2)cc1. The number of nitrogens with two attached hydrogens (primary N) is 1. The molecule has 24 heavy (non-hydrogen) atoms. The molecule has 1 amide bonds. The molecule has 3 rings (SSSR count). The predicted molar refractivity (Wildman–Crippen MR) is 92.9 cm³/mol. The molecule has 2 N–H and O–H groups in total. The number of hydrogen-bond donors (Lipinski definition) is 1. The van der Waals surface area contributed by atoms with Gasteiger partial charge in [0.05, 0.1) is 19.0 Å². The fourth-order valence-electron chi connectivity index (χ4n) is 2.18. The van der Waals surface area contributed by atoms with Crippen LogP contribution >= 0.6 is 0 Å². The number of benzene rings is 2. The lowest BCUT2D eigenvalue weighted by atomic mass is 10.1. The van der Waals surface area contributed by atoms with Crippen LogP contribution in [-0.2, 0) is 0 Å². The number of amides is 1. The Balaban J connectivity index is 1.74. The van der Waals surface area contributed by atoms with Gasteiger partial charge in [-0.25, -0.2) is 0 Å². The lowest BCUT2D eigenvalue weighted by Crippen LogP contribution is -2.10. The second-order valence-corrected chi connectivity index (χ2v) is 5.10. The summed E-state index contributed by atoms with van der Waals surface area (Å²) in [5, 5.41) is 0. The summed E-state index contributed by atoms with van der Waals surface area (Å²) < 4.78 is 10.9. The first-order chi connectivity index (χ1) is 11.7. The predicted octanol–water partition coefficient (Wildman–Crippen LogP) is 3.80. The maximum Gasteiger partial charge on any atom is 0.248 e. The summed E-state index contributed by atoms with van der Waals surface area (Å²) in [5.74, 6) is 1.67. The molecule has 0 radical (unpaired) electrons. The third-order valence-electron chi connectivity index (χ3n) is 3.49. The van der Waals surface area contributed by atoms with Crippen molar-refractivity contribution in [3.8, 4) is 17.1 Å². The van der Waals surface area contributed by atoms with Crippen molar-refractivity contribution in [2.24, 2.45) is 10.7 Å². The molecule has 120 valence electrons. The Hall–Kier alpha value is -3.34. The highest BCUT2D eigenvalue weighted by atomic mass is 16.5. The molecule has 0 aliphatic rings. The largest absolute Gasteiger partial charge is 0.497 e. The summed E-state index contributed by atoms with van der Waals surface area (Å²) in [6, 6.07) is 18.0. The monoisotopic (exact) mass is 320 g/mol. The fourth-order valence-corrected chi connectivity index (χ4v) is 2.18. The summed E-state index contributed by atoms with van der Waals surface area (Å²) in [6.45, 7) is 0. The Kier molecular flexibility index (Phi) is 4.43. The quantitative estimate of drug-likeness (QED) is 0.726. The standard InChI is InChI=1S/C19H16N2O3/c1-23-16-8-6-15(7-9-16)21-12-17-10-11-18(24-17)13-2-4-14(5-3-13)19(20)22/h2-12H,1H3,(H2,20,22). The van der Waals surface area contributed by atoms with Gasteiger partial charge < -0.3 is 14.9 Å². The minimum atomic E-state index is -0.451. The topological polar surface area (TPSA) is 77.8 Å². The van der Waals surface area contributed by atoms with Gasteiger partial charge >= 0.3 is 0 Å². The van der Waals surface area contributed by atoms with Crippen LogP contribution < -0.4 is 10.5 Å². The van der Waals surface area contributed by atoms with Crippen LogP contribution in [0, 0.1) is 0 Å². The zero-order valence-corrected chi connectivity index (χ0v) is 13.1. The van der Waals surface area contributed by atoms with Gasteiger partial charge in [-0.15, -0.1) is 0 Å². The Morgan fingerprint density at radius 2 is 1.75 bits per heavy atom. The molecule has 3 aromatic rings. The first-order valence-corrected chi connectivity index (χ1v) is 7.34. The van der Waals surface area contributed by atoms with Gasteiger partial charge in [0.15, 0.2) is 0 Å². The van der Waals surface area contributed by atoms with Crippen molar-refractivity contribution in [3.63, 3.8) is 0 Å². The zero-order chi connectivity index (χ0) is 16.9. The summed E-state index contributed by atoms with van der Waals surface area (Å²) >= 11 is 0. The van der Waals surface area contributed by atoms with E-state index in [2.05, 4.69) is 4.99 Å². The minimum absolute atomic E-state index is 0.451. The number of carbonyl (C=O) groups is 1. The molecule has 5 heteroatoms. The van der Waals surface area contributed by atoms with Gasteiger partial charge in [0, 0.05) is 11.1 Å². The van der Waals surface area contributed by atoms with Gasteiger partial charge in [-0.1, -0.05) is 12.1 Å². The van der Waals surface area contributed by atoms with Crippen molar-refractivity contribution in [1.29, 1.82) is 0 Å². The Morgan fingerprint density at radius 3 is 2.38 bits per heavy atom. The number of furan rings is 1. The molecule has 0 saturated carbocycles. The molecule has 0 fully saturated rings. The van der Waals surface area contributed by atoms with Crippen LogP contribution in [0.5, 0.6) is 5.75 Å². The summed E-state index contributed by atoms with van der Waals surface area (Å²) in [6.07, 6.45) is 1.66. The van der Waals surface area contributed by atoms with Crippen LogP contribution in [0.2, 0.25) is 0 Å². The Morgan fingerprint density at radius 1 is 1.04 bits per heavy atom. The van der Waals surface area contributed by atoms with E-state index < -0.39 is 5.91 Å². The Labute approximate surface area is 139 Å². The summed E-state index contributed by atoms with van der Waals surface area (Å²) in [4.78, 5) is 15.4. The number of nitrogens with zero attached hydrogens (tertiary/aromatic N) is 1. The van der Waals surface area contributed by atoms with Crippen molar-refractivity contribution in [2.45, 2.75) is 0 Å². The van der Waals surface area contributed by atoms with Gasteiger partial charge in [0.1, 0.15) is 17.3 Å². The average molecular weight is 320 g/mol. The van der Waals surface area contributed by atoms with Crippen LogP contribution in [0.1, 0.15) is 16.1 Å². The molecule has 2 aromatic carbocycles. The van der Waals surface area contributed by atoms with E-state index in [1.165, 1.54) is 0 Å². The van der Waals surface area contributed by atoms with E-state index in [9.17, 15) is 4.79 Å². The number of primary amides is 1. The van der Waals surface area contributed by atoms with Gasteiger partial charge in [-0.2, -0.15) is 0 Å². The highest BCUT2D eigenvalue weighted by molar-refractivity contribution is 5.93. The normalized spacial score (nSPS) is 10.9. The highest BCUT2D eigenvalue weighted by Crippen LogP contribution is 2.23. The molecule has 1 heterocycles. The summed E-state index contributed by atoms with van der Waals surface area (Å²) in [7, 11) is 1.62. The van der Waals surface area contributed by atoms with Crippen LogP contribution in [0.4, 0.5) is 5.69 Å². The first-order valence-electron chi connectivity index (χ1n) is 7.34. The van der Waals surface area contributed by atoms with E-state index in [4.69, 9.17) is 14.9 Å². The van der Waals surface area contributed by atoms with E-state index in [1.807, 2.05) is 36.4 Å². The van der Waals surface area contributed by atoms with Crippen LogP contribution in [0.25, 0.3) is 11.3 Å².